The number of anilines is 1. The Hall–Kier alpha value is -3.46. The van der Waals surface area contributed by atoms with Crippen molar-refractivity contribution in [2.24, 2.45) is 5.18 Å². The van der Waals surface area contributed by atoms with Gasteiger partial charge in [0.15, 0.2) is 0 Å². The van der Waals surface area contributed by atoms with E-state index < -0.39 is 6.04 Å². The highest BCUT2D eigenvalue weighted by molar-refractivity contribution is 5.61. The molecule has 2 aliphatic heterocycles. The van der Waals surface area contributed by atoms with Gasteiger partial charge in [-0.15, -0.1) is 0 Å². The summed E-state index contributed by atoms with van der Waals surface area (Å²) in [6, 6.07) is 19.8. The topological polar surface area (TPSA) is 81.6 Å². The number of nitrogens with one attached hydrogen (secondary N) is 1. The minimum Gasteiger partial charge on any atom is -0.490 e. The van der Waals surface area contributed by atoms with Gasteiger partial charge in [0, 0.05) is 39.3 Å². The Morgan fingerprint density at radius 1 is 1.00 bits per heavy atom. The summed E-state index contributed by atoms with van der Waals surface area (Å²) in [4.78, 5) is 14.2. The SMILES string of the molecule is COCCCN1CCOc2ccc(CO[C@H]3CNC[C@@H](N=O)[C@@H]3c3ccc(Oc4ccc(C)c(C)c4)cc3)cc21. The average Bonchev–Trinajstić information content (AvgIpc) is 2.98. The van der Waals surface area contributed by atoms with Gasteiger partial charge in [-0.1, -0.05) is 29.4 Å². The molecule has 0 amide bonds. The molecule has 2 heterocycles. The number of benzene rings is 3. The highest BCUT2D eigenvalue weighted by Gasteiger charge is 2.36. The molecule has 2 aliphatic rings. The van der Waals surface area contributed by atoms with Crippen LogP contribution in [0.3, 0.4) is 0 Å². The first kappa shape index (κ1) is 28.1. The van der Waals surface area contributed by atoms with Crippen molar-refractivity contribution < 1.29 is 18.9 Å². The second-order valence-corrected chi connectivity index (χ2v) is 10.6. The molecule has 0 unspecified atom stereocenters. The van der Waals surface area contributed by atoms with Gasteiger partial charge in [0.2, 0.25) is 0 Å². The third kappa shape index (κ3) is 6.63. The van der Waals surface area contributed by atoms with E-state index in [9.17, 15) is 4.91 Å². The summed E-state index contributed by atoms with van der Waals surface area (Å²) in [5.74, 6) is 2.30. The summed E-state index contributed by atoms with van der Waals surface area (Å²) in [5, 5.41) is 6.79. The molecule has 0 radical (unpaired) electrons. The Labute approximate surface area is 236 Å². The van der Waals surface area contributed by atoms with Crippen LogP contribution in [0, 0.1) is 18.8 Å². The lowest BCUT2D eigenvalue weighted by molar-refractivity contribution is 0.00539. The number of hydrogen-bond acceptors (Lipinski definition) is 8. The van der Waals surface area contributed by atoms with Gasteiger partial charge in [0.05, 0.1) is 24.9 Å². The molecule has 3 aromatic carbocycles. The van der Waals surface area contributed by atoms with Gasteiger partial charge in [0.1, 0.15) is 29.9 Å². The van der Waals surface area contributed by atoms with Crippen molar-refractivity contribution in [2.75, 3.05) is 51.4 Å². The zero-order valence-electron chi connectivity index (χ0n) is 23.6. The molecule has 1 N–H and O–H groups in total. The number of rotatable bonds is 11. The third-order valence-electron chi connectivity index (χ3n) is 7.85. The minimum absolute atomic E-state index is 0.152. The largest absolute Gasteiger partial charge is 0.490 e. The maximum absolute atomic E-state index is 11.8. The molecule has 0 bridgehead atoms. The number of methoxy groups -OCH3 is 1. The lowest BCUT2D eigenvalue weighted by Gasteiger charge is -2.36. The van der Waals surface area contributed by atoms with Crippen LogP contribution in [0.2, 0.25) is 0 Å². The van der Waals surface area contributed by atoms with Crippen LogP contribution >= 0.6 is 0 Å². The standard InChI is InChI=1S/C32H39N3O5/c1-22-5-9-27(17-23(22)2)40-26-10-7-25(8-11-26)32-28(34-36)19-33-20-31(32)39-21-24-6-12-30-29(18-24)35(14-16-38-30)13-4-15-37-3/h5-12,17-18,28,31-33H,4,13-16,19-21H2,1-3H3/t28-,31+,32+/m1/s1. The van der Waals surface area contributed by atoms with Crippen LogP contribution in [0.4, 0.5) is 5.69 Å². The van der Waals surface area contributed by atoms with Crippen molar-refractivity contribution in [2.45, 2.75) is 44.9 Å². The Morgan fingerprint density at radius 2 is 1.82 bits per heavy atom. The quantitative estimate of drug-likeness (QED) is 0.243. The van der Waals surface area contributed by atoms with Crippen LogP contribution in [0.1, 0.15) is 34.6 Å². The van der Waals surface area contributed by atoms with E-state index in [-0.39, 0.29) is 12.0 Å². The van der Waals surface area contributed by atoms with Gasteiger partial charge in [0.25, 0.3) is 0 Å². The zero-order chi connectivity index (χ0) is 27.9. The third-order valence-corrected chi connectivity index (χ3v) is 7.85. The fraction of sp³-hybridized carbons (Fsp3) is 0.438. The molecule has 1 fully saturated rings. The molecule has 40 heavy (non-hydrogen) atoms. The van der Waals surface area contributed by atoms with Gasteiger partial charge in [-0.2, -0.15) is 4.91 Å². The van der Waals surface area contributed by atoms with Crippen molar-refractivity contribution in [3.8, 4) is 17.2 Å². The van der Waals surface area contributed by atoms with Gasteiger partial charge >= 0.3 is 0 Å². The number of nitrogens with zero attached hydrogens (tertiary/aromatic N) is 2. The monoisotopic (exact) mass is 545 g/mol. The summed E-state index contributed by atoms with van der Waals surface area (Å²) in [7, 11) is 1.73. The molecule has 5 rings (SSSR count). The number of fused-ring (bicyclic) bond motifs is 1. The first-order chi connectivity index (χ1) is 19.6. The first-order valence-corrected chi connectivity index (χ1v) is 14.0. The predicted molar refractivity (Wildman–Crippen MR) is 157 cm³/mol. The fourth-order valence-electron chi connectivity index (χ4n) is 5.49. The summed E-state index contributed by atoms with van der Waals surface area (Å²) < 4.78 is 23.7. The number of ether oxygens (including phenoxy) is 4. The number of hydrogen-bond donors (Lipinski definition) is 1. The van der Waals surface area contributed by atoms with Crippen LogP contribution in [0.5, 0.6) is 17.2 Å². The maximum atomic E-state index is 11.8. The van der Waals surface area contributed by atoms with E-state index in [0.717, 1.165) is 60.2 Å². The maximum Gasteiger partial charge on any atom is 0.142 e. The highest BCUT2D eigenvalue weighted by atomic mass is 16.5. The van der Waals surface area contributed by atoms with Crippen molar-refractivity contribution in [1.82, 2.24) is 5.32 Å². The summed E-state index contributed by atoms with van der Waals surface area (Å²) in [5.41, 5.74) is 5.60. The summed E-state index contributed by atoms with van der Waals surface area (Å²) >= 11 is 0. The molecule has 3 atom stereocenters. The molecule has 8 heteroatoms. The van der Waals surface area contributed by atoms with E-state index in [1.807, 2.05) is 42.5 Å². The Kier molecular flexibility index (Phi) is 9.31. The van der Waals surface area contributed by atoms with Crippen LogP contribution in [0.25, 0.3) is 0 Å². The predicted octanol–water partition coefficient (Wildman–Crippen LogP) is 5.74. The molecule has 0 aromatic heterocycles. The van der Waals surface area contributed by atoms with E-state index in [4.69, 9.17) is 18.9 Å². The molecular formula is C32H39N3O5. The molecule has 0 aliphatic carbocycles. The molecule has 0 saturated carbocycles. The second-order valence-electron chi connectivity index (χ2n) is 10.6. The van der Waals surface area contributed by atoms with E-state index in [1.54, 1.807) is 7.11 Å². The highest BCUT2D eigenvalue weighted by Crippen LogP contribution is 2.35. The molecule has 3 aromatic rings. The van der Waals surface area contributed by atoms with E-state index >= 15 is 0 Å². The number of piperidine rings is 1. The molecule has 8 nitrogen and oxygen atoms in total. The van der Waals surface area contributed by atoms with E-state index in [0.29, 0.717) is 26.3 Å². The lowest BCUT2D eigenvalue weighted by atomic mass is 9.84. The molecule has 1 saturated heterocycles. The normalized spacial score (nSPS) is 20.5. The van der Waals surface area contributed by atoms with Gasteiger partial charge in [-0.3, -0.25) is 0 Å². The van der Waals surface area contributed by atoms with Crippen molar-refractivity contribution in [3.05, 3.63) is 87.8 Å². The molecular weight excluding hydrogens is 506 g/mol. The number of nitroso groups, excluding NO2 is 1. The minimum atomic E-state index is -0.418. The Bertz CT molecular complexity index is 1280. The van der Waals surface area contributed by atoms with Crippen molar-refractivity contribution >= 4 is 5.69 Å². The van der Waals surface area contributed by atoms with Gasteiger partial charge in [-0.05, 0) is 78.9 Å². The smallest absolute Gasteiger partial charge is 0.142 e. The van der Waals surface area contributed by atoms with Gasteiger partial charge in [-0.25, -0.2) is 0 Å². The molecule has 212 valence electrons. The van der Waals surface area contributed by atoms with Crippen LogP contribution in [0.15, 0.2) is 65.8 Å². The second kappa shape index (κ2) is 13.3. The fourth-order valence-corrected chi connectivity index (χ4v) is 5.49. The summed E-state index contributed by atoms with van der Waals surface area (Å²) in [6.45, 7) is 8.95. The van der Waals surface area contributed by atoms with Crippen molar-refractivity contribution in [1.29, 1.82) is 0 Å². The summed E-state index contributed by atoms with van der Waals surface area (Å²) in [6.07, 6.45) is 0.758. The van der Waals surface area contributed by atoms with Crippen LogP contribution < -0.4 is 19.7 Å². The number of aryl methyl sites for hydroxylation is 2. The van der Waals surface area contributed by atoms with Crippen LogP contribution in [-0.2, 0) is 16.1 Å². The average molecular weight is 546 g/mol. The Morgan fingerprint density at radius 3 is 2.60 bits per heavy atom. The lowest BCUT2D eigenvalue weighted by Crippen LogP contribution is -2.48. The van der Waals surface area contributed by atoms with Gasteiger partial charge < -0.3 is 29.2 Å². The van der Waals surface area contributed by atoms with Crippen LogP contribution in [-0.4, -0.2) is 58.6 Å². The first-order valence-electron chi connectivity index (χ1n) is 14.0. The van der Waals surface area contributed by atoms with Crippen molar-refractivity contribution in [3.63, 3.8) is 0 Å². The van der Waals surface area contributed by atoms with E-state index in [2.05, 4.69) is 47.4 Å². The Balaban J connectivity index is 1.28. The molecule has 0 spiro atoms. The van der Waals surface area contributed by atoms with E-state index in [1.165, 1.54) is 11.1 Å². The zero-order valence-corrected chi connectivity index (χ0v) is 23.6.